The van der Waals surface area contributed by atoms with Gasteiger partial charge in [-0.25, -0.2) is 8.42 Å². The molecule has 26 heavy (non-hydrogen) atoms. The SMILES string of the molecule is O=S(=O)(c1ccc(OC(CO)c2ccccc2)cc1)c1cccc(O)c1. The highest BCUT2D eigenvalue weighted by atomic mass is 32.2. The summed E-state index contributed by atoms with van der Waals surface area (Å²) in [6, 6.07) is 20.8. The van der Waals surface area contributed by atoms with Crippen molar-refractivity contribution in [1.82, 2.24) is 0 Å². The second-order valence-corrected chi connectivity index (χ2v) is 7.62. The van der Waals surface area contributed by atoms with Gasteiger partial charge >= 0.3 is 0 Å². The van der Waals surface area contributed by atoms with Gasteiger partial charge in [0.15, 0.2) is 0 Å². The number of phenols is 1. The number of aromatic hydroxyl groups is 1. The Balaban J connectivity index is 1.82. The third-order valence-corrected chi connectivity index (χ3v) is 5.64. The van der Waals surface area contributed by atoms with Crippen molar-refractivity contribution in [3.05, 3.63) is 84.4 Å². The molecule has 1 unspecified atom stereocenters. The van der Waals surface area contributed by atoms with E-state index >= 15 is 0 Å². The molecule has 134 valence electrons. The first-order valence-electron chi connectivity index (χ1n) is 7.97. The third kappa shape index (κ3) is 3.87. The number of aliphatic hydroxyl groups excluding tert-OH is 1. The molecule has 2 N–H and O–H groups in total. The van der Waals surface area contributed by atoms with Gasteiger partial charge in [0.25, 0.3) is 0 Å². The first kappa shape index (κ1) is 18.0. The van der Waals surface area contributed by atoms with Crippen molar-refractivity contribution >= 4 is 9.84 Å². The van der Waals surface area contributed by atoms with Gasteiger partial charge in [0.2, 0.25) is 9.84 Å². The van der Waals surface area contributed by atoms with Crippen LogP contribution >= 0.6 is 0 Å². The molecule has 5 nitrogen and oxygen atoms in total. The van der Waals surface area contributed by atoms with E-state index in [4.69, 9.17) is 4.74 Å². The second-order valence-electron chi connectivity index (χ2n) is 5.67. The van der Waals surface area contributed by atoms with Crippen LogP contribution in [0.1, 0.15) is 11.7 Å². The molecule has 0 saturated carbocycles. The van der Waals surface area contributed by atoms with Crippen molar-refractivity contribution in [2.75, 3.05) is 6.61 Å². The van der Waals surface area contributed by atoms with Gasteiger partial charge in [-0.2, -0.15) is 0 Å². The largest absolute Gasteiger partial charge is 0.508 e. The highest BCUT2D eigenvalue weighted by molar-refractivity contribution is 7.91. The molecule has 0 bridgehead atoms. The van der Waals surface area contributed by atoms with E-state index in [9.17, 15) is 18.6 Å². The van der Waals surface area contributed by atoms with Crippen LogP contribution in [0.2, 0.25) is 0 Å². The minimum Gasteiger partial charge on any atom is -0.508 e. The molecule has 0 aliphatic rings. The van der Waals surface area contributed by atoms with Crippen LogP contribution in [0.15, 0.2) is 88.7 Å². The number of phenolic OH excluding ortho intramolecular Hbond substituents is 1. The van der Waals surface area contributed by atoms with Gasteiger partial charge in [0.05, 0.1) is 16.4 Å². The molecule has 0 saturated heterocycles. The second kappa shape index (κ2) is 7.59. The predicted octanol–water partition coefficient (Wildman–Crippen LogP) is 3.34. The summed E-state index contributed by atoms with van der Waals surface area (Å²) in [5, 5.41) is 19.0. The molecular weight excluding hydrogens is 352 g/mol. The van der Waals surface area contributed by atoms with Gasteiger partial charge in [-0.3, -0.25) is 0 Å². The van der Waals surface area contributed by atoms with Crippen LogP contribution < -0.4 is 4.74 Å². The summed E-state index contributed by atoms with van der Waals surface area (Å²) in [4.78, 5) is 0.111. The normalized spacial score (nSPS) is 12.5. The molecule has 0 aliphatic carbocycles. The number of hydrogen-bond acceptors (Lipinski definition) is 5. The maximum atomic E-state index is 12.6. The van der Waals surface area contributed by atoms with Crippen LogP contribution in [0.25, 0.3) is 0 Å². The molecule has 0 fully saturated rings. The average molecular weight is 370 g/mol. The lowest BCUT2D eigenvalue weighted by Gasteiger charge is -2.17. The quantitative estimate of drug-likeness (QED) is 0.695. The van der Waals surface area contributed by atoms with Gasteiger partial charge in [-0.05, 0) is 48.0 Å². The molecule has 3 rings (SSSR count). The van der Waals surface area contributed by atoms with E-state index in [1.54, 1.807) is 12.1 Å². The zero-order chi connectivity index (χ0) is 18.6. The molecule has 0 radical (unpaired) electrons. The fraction of sp³-hybridized carbons (Fsp3) is 0.100. The van der Waals surface area contributed by atoms with Crippen LogP contribution in [0, 0.1) is 0 Å². The van der Waals surface area contributed by atoms with Crippen molar-refractivity contribution in [3.63, 3.8) is 0 Å². The fourth-order valence-electron chi connectivity index (χ4n) is 2.53. The molecule has 0 amide bonds. The zero-order valence-corrected chi connectivity index (χ0v) is 14.6. The van der Waals surface area contributed by atoms with Gasteiger partial charge < -0.3 is 14.9 Å². The number of hydrogen-bond donors (Lipinski definition) is 2. The van der Waals surface area contributed by atoms with Crippen molar-refractivity contribution in [3.8, 4) is 11.5 Å². The van der Waals surface area contributed by atoms with Crippen LogP contribution in [-0.2, 0) is 9.84 Å². The van der Waals surface area contributed by atoms with E-state index in [1.165, 1.54) is 36.4 Å². The average Bonchev–Trinajstić information content (AvgIpc) is 2.67. The Labute approximate surface area is 152 Å². The van der Waals surface area contributed by atoms with E-state index < -0.39 is 15.9 Å². The third-order valence-electron chi connectivity index (χ3n) is 3.88. The molecule has 3 aromatic carbocycles. The number of rotatable bonds is 6. The molecule has 6 heteroatoms. The lowest BCUT2D eigenvalue weighted by atomic mass is 10.1. The zero-order valence-electron chi connectivity index (χ0n) is 13.8. The van der Waals surface area contributed by atoms with E-state index in [0.717, 1.165) is 5.56 Å². The first-order valence-corrected chi connectivity index (χ1v) is 9.45. The summed E-state index contributed by atoms with van der Waals surface area (Å²) in [6.07, 6.45) is -0.537. The van der Waals surface area contributed by atoms with Gasteiger partial charge in [-0.1, -0.05) is 36.4 Å². The van der Waals surface area contributed by atoms with Crippen LogP contribution in [0.4, 0.5) is 0 Å². The van der Waals surface area contributed by atoms with Crippen molar-refractivity contribution < 1.29 is 23.4 Å². The Morgan fingerprint density at radius 1 is 0.846 bits per heavy atom. The van der Waals surface area contributed by atoms with Crippen LogP contribution in [0.3, 0.4) is 0 Å². The number of ether oxygens (including phenoxy) is 1. The molecule has 1 atom stereocenters. The van der Waals surface area contributed by atoms with Crippen LogP contribution in [-0.4, -0.2) is 25.2 Å². The minimum atomic E-state index is -3.73. The van der Waals surface area contributed by atoms with Crippen molar-refractivity contribution in [2.24, 2.45) is 0 Å². The van der Waals surface area contributed by atoms with E-state index in [1.807, 2.05) is 30.3 Å². The lowest BCUT2D eigenvalue weighted by Crippen LogP contribution is -2.12. The van der Waals surface area contributed by atoms with Gasteiger partial charge in [0, 0.05) is 0 Å². The topological polar surface area (TPSA) is 83.8 Å². The molecule has 0 spiro atoms. The summed E-state index contributed by atoms with van der Waals surface area (Å²) in [5.74, 6) is 0.336. The number of benzene rings is 3. The first-order chi connectivity index (χ1) is 12.5. The molecule has 0 aromatic heterocycles. The van der Waals surface area contributed by atoms with E-state index in [-0.39, 0.29) is 22.1 Å². The predicted molar refractivity (Wildman–Crippen MR) is 96.9 cm³/mol. The van der Waals surface area contributed by atoms with Gasteiger partial charge in [-0.15, -0.1) is 0 Å². The van der Waals surface area contributed by atoms with Gasteiger partial charge in [0.1, 0.15) is 17.6 Å². The Kier molecular flexibility index (Phi) is 5.25. The number of aliphatic hydroxyl groups is 1. The minimum absolute atomic E-state index is 0.0173. The molecule has 0 heterocycles. The molecular formula is C20H18O5S. The maximum absolute atomic E-state index is 12.6. The molecule has 0 aliphatic heterocycles. The Hall–Kier alpha value is -2.83. The van der Waals surface area contributed by atoms with Crippen molar-refractivity contribution in [1.29, 1.82) is 0 Å². The smallest absolute Gasteiger partial charge is 0.206 e. The summed E-state index contributed by atoms with van der Waals surface area (Å²) >= 11 is 0. The monoisotopic (exact) mass is 370 g/mol. The molecule has 3 aromatic rings. The van der Waals surface area contributed by atoms with E-state index in [2.05, 4.69) is 0 Å². The highest BCUT2D eigenvalue weighted by Crippen LogP contribution is 2.27. The summed E-state index contributed by atoms with van der Waals surface area (Å²) in [5.41, 5.74) is 0.825. The van der Waals surface area contributed by atoms with Crippen LogP contribution in [0.5, 0.6) is 11.5 Å². The highest BCUT2D eigenvalue weighted by Gasteiger charge is 2.19. The standard InChI is InChI=1S/C20H18O5S/c21-14-20(15-5-2-1-3-6-15)25-17-9-11-18(12-10-17)26(23,24)19-8-4-7-16(22)13-19/h1-13,20-22H,14H2. The summed E-state index contributed by atoms with van der Waals surface area (Å²) in [7, 11) is -3.73. The fourth-order valence-corrected chi connectivity index (χ4v) is 3.83. The summed E-state index contributed by atoms with van der Waals surface area (Å²) in [6.45, 7) is -0.201. The Morgan fingerprint density at radius 2 is 1.54 bits per heavy atom. The summed E-state index contributed by atoms with van der Waals surface area (Å²) < 4.78 is 31.0. The van der Waals surface area contributed by atoms with Crippen molar-refractivity contribution in [2.45, 2.75) is 15.9 Å². The number of sulfone groups is 1. The Bertz CT molecular complexity index is 967. The lowest BCUT2D eigenvalue weighted by molar-refractivity contribution is 0.116. The van der Waals surface area contributed by atoms with E-state index in [0.29, 0.717) is 5.75 Å². The Morgan fingerprint density at radius 3 is 2.15 bits per heavy atom. The maximum Gasteiger partial charge on any atom is 0.206 e.